The van der Waals surface area contributed by atoms with E-state index in [1.807, 2.05) is 48.5 Å². The number of hydrogen-bond acceptors (Lipinski definition) is 13. The van der Waals surface area contributed by atoms with E-state index in [9.17, 15) is 14.7 Å². The van der Waals surface area contributed by atoms with Crippen molar-refractivity contribution in [1.29, 1.82) is 0 Å². The van der Waals surface area contributed by atoms with Crippen molar-refractivity contribution in [2.24, 2.45) is 10.2 Å². The number of aromatic carboxylic acids is 2. The molecule has 2 aromatic heterocycles. The molecule has 0 radical (unpaired) electrons. The second-order valence-corrected chi connectivity index (χ2v) is 15.0. The Hall–Kier alpha value is -4.64. The third kappa shape index (κ3) is 10.4. The summed E-state index contributed by atoms with van der Waals surface area (Å²) in [5, 5.41) is 44.0. The molecule has 6 N–H and O–H groups in total. The quantitative estimate of drug-likeness (QED) is 0.0484. The molecule has 9 nitrogen and oxygen atoms in total. The Bertz CT molecular complexity index is 2140. The third-order valence-electron chi connectivity index (χ3n) is 5.88. The van der Waals surface area contributed by atoms with E-state index in [4.69, 9.17) is 45.5 Å². The number of carboxylic acids is 2. The maximum absolute atomic E-state index is 10.8. The van der Waals surface area contributed by atoms with Crippen LogP contribution in [0.1, 0.15) is 20.7 Å². The summed E-state index contributed by atoms with van der Waals surface area (Å²) >= 11 is 10.2. The molecule has 0 saturated heterocycles. The van der Waals surface area contributed by atoms with Crippen LogP contribution in [0.5, 0.6) is 11.5 Å². The molecule has 0 fully saturated rings. The Labute approximate surface area is 293 Å². The largest absolute Gasteiger partial charge is 0.507 e. The van der Waals surface area contributed by atoms with E-state index in [-0.39, 0.29) is 22.6 Å². The summed E-state index contributed by atoms with van der Waals surface area (Å²) in [6.45, 7) is 0. The first-order chi connectivity index (χ1) is 22.5. The van der Waals surface area contributed by atoms with Crippen molar-refractivity contribution in [2.75, 3.05) is 5.73 Å². The molecular formula is C32H23N3O6S6. The van der Waals surface area contributed by atoms with Gasteiger partial charge in [0.1, 0.15) is 30.3 Å². The lowest BCUT2D eigenvalue weighted by Gasteiger charge is -2.00. The molecule has 2 heterocycles. The van der Waals surface area contributed by atoms with E-state index in [0.717, 1.165) is 18.1 Å². The van der Waals surface area contributed by atoms with Crippen molar-refractivity contribution in [1.82, 2.24) is 0 Å². The van der Waals surface area contributed by atoms with Gasteiger partial charge in [-0.3, -0.25) is 0 Å². The van der Waals surface area contributed by atoms with Gasteiger partial charge in [0.25, 0.3) is 0 Å². The molecule has 0 bridgehead atoms. The van der Waals surface area contributed by atoms with Crippen LogP contribution in [0.15, 0.2) is 113 Å². The fourth-order valence-corrected chi connectivity index (χ4v) is 8.45. The highest BCUT2D eigenvalue weighted by Gasteiger charge is 2.10. The Kier molecular flexibility index (Phi) is 12.6. The number of azo groups is 1. The van der Waals surface area contributed by atoms with E-state index >= 15 is 0 Å². The minimum Gasteiger partial charge on any atom is -0.507 e. The number of nitrogen functional groups attached to an aromatic ring is 1. The molecule has 6 aromatic rings. The van der Waals surface area contributed by atoms with Gasteiger partial charge < -0.3 is 26.2 Å². The van der Waals surface area contributed by atoms with E-state index in [1.165, 1.54) is 46.8 Å². The first-order valence-electron chi connectivity index (χ1n) is 13.2. The molecule has 6 rings (SSSR count). The van der Waals surface area contributed by atoms with Crippen molar-refractivity contribution >= 4 is 94.8 Å². The minimum absolute atomic E-state index is 0.140. The molecule has 0 aliphatic rings. The van der Waals surface area contributed by atoms with E-state index in [1.54, 1.807) is 41.4 Å². The van der Waals surface area contributed by atoms with Crippen LogP contribution in [0.3, 0.4) is 0 Å². The number of aromatic hydroxyl groups is 2. The van der Waals surface area contributed by atoms with Gasteiger partial charge in [0.2, 0.25) is 0 Å². The highest BCUT2D eigenvalue weighted by Crippen LogP contribution is 2.32. The number of phenols is 2. The number of rotatable bonds is 6. The Balaban J connectivity index is 0.000000181. The summed E-state index contributed by atoms with van der Waals surface area (Å²) in [6, 6.07) is 29.8. The second kappa shape index (κ2) is 16.8. The molecule has 0 aliphatic carbocycles. The smallest absolute Gasteiger partial charge is 0.339 e. The maximum atomic E-state index is 10.8. The molecule has 0 spiro atoms. The number of carbonyl (C=O) groups is 2. The highest BCUT2D eigenvalue weighted by atomic mass is 32.9. The van der Waals surface area contributed by atoms with Crippen LogP contribution in [0, 0.1) is 7.65 Å². The van der Waals surface area contributed by atoms with Crippen LogP contribution < -0.4 is 5.73 Å². The van der Waals surface area contributed by atoms with Crippen molar-refractivity contribution in [3.05, 3.63) is 122 Å². The second-order valence-electron chi connectivity index (χ2n) is 9.19. The van der Waals surface area contributed by atoms with Crippen LogP contribution in [-0.2, 0) is 0 Å². The zero-order chi connectivity index (χ0) is 33.9. The molecule has 0 aliphatic heterocycles. The fourth-order valence-electron chi connectivity index (χ4n) is 3.65. The average molecular weight is 738 g/mol. The van der Waals surface area contributed by atoms with Gasteiger partial charge >= 0.3 is 11.9 Å². The zero-order valence-electron chi connectivity index (χ0n) is 23.8. The van der Waals surface area contributed by atoms with E-state index in [0.29, 0.717) is 17.1 Å². The number of nitrogens with two attached hydrogens (primary N) is 1. The summed E-state index contributed by atoms with van der Waals surface area (Å²) < 4.78 is 1.84. The molecule has 238 valence electrons. The van der Waals surface area contributed by atoms with Gasteiger partial charge in [0.05, 0.1) is 11.4 Å². The van der Waals surface area contributed by atoms with Gasteiger partial charge in [-0.15, -0.1) is 0 Å². The van der Waals surface area contributed by atoms with Crippen LogP contribution in [0.25, 0.3) is 20.9 Å². The Morgan fingerprint density at radius 3 is 1.51 bits per heavy atom. The van der Waals surface area contributed by atoms with Gasteiger partial charge in [0, 0.05) is 27.6 Å². The Morgan fingerprint density at radius 2 is 1.04 bits per heavy atom. The number of hydrogen-bond donors (Lipinski definition) is 5. The standard InChI is InChI=1S/C16H10N2O3S3.C9H6S3.C7H7NO3/c19-13-7-11(5-6-12(13)16(20)21)18-17-10-3-1-9(2-4-10)14-8-15(22)24-23-14;10-9-6-8(11-12-9)7-4-2-1-3-5-7;8-4-1-2-5(7(10)11)6(9)3-4/h1-8,19H,(H,20,21);1-6H;1-3,9H,8H2,(H,10,11). The van der Waals surface area contributed by atoms with Gasteiger partial charge in [-0.05, 0) is 59.7 Å². The molecular weight excluding hydrogens is 715 g/mol. The summed E-state index contributed by atoms with van der Waals surface area (Å²) in [4.78, 5) is 23.6. The molecule has 0 unspecified atom stereocenters. The topological polar surface area (TPSA) is 166 Å². The van der Waals surface area contributed by atoms with Crippen molar-refractivity contribution in [2.45, 2.75) is 0 Å². The highest BCUT2D eigenvalue weighted by molar-refractivity contribution is 7.80. The van der Waals surface area contributed by atoms with Crippen LogP contribution in [0.2, 0.25) is 0 Å². The predicted octanol–water partition coefficient (Wildman–Crippen LogP) is 10.9. The van der Waals surface area contributed by atoms with Crippen molar-refractivity contribution in [3.63, 3.8) is 0 Å². The summed E-state index contributed by atoms with van der Waals surface area (Å²) in [6.07, 6.45) is 0. The van der Waals surface area contributed by atoms with Crippen molar-refractivity contribution < 1.29 is 30.0 Å². The number of carboxylic acid groups (broad SMARTS) is 2. The normalized spacial score (nSPS) is 10.4. The van der Waals surface area contributed by atoms with Gasteiger partial charge in [-0.25, -0.2) is 9.59 Å². The lowest BCUT2D eigenvalue weighted by Crippen LogP contribution is -1.97. The fraction of sp³-hybridized carbons (Fsp3) is 0. The van der Waals surface area contributed by atoms with Crippen LogP contribution in [-0.4, -0.2) is 32.4 Å². The van der Waals surface area contributed by atoms with Gasteiger partial charge in [0.15, 0.2) is 0 Å². The van der Waals surface area contributed by atoms with Crippen LogP contribution >= 0.6 is 65.8 Å². The summed E-state index contributed by atoms with van der Waals surface area (Å²) in [5.41, 5.74) is 8.65. The monoisotopic (exact) mass is 737 g/mol. The Morgan fingerprint density at radius 1 is 0.574 bits per heavy atom. The van der Waals surface area contributed by atoms with Gasteiger partial charge in [-0.2, -0.15) is 10.2 Å². The number of benzene rings is 4. The molecule has 4 aromatic carbocycles. The molecule has 0 saturated carbocycles. The molecule has 15 heteroatoms. The molecule has 0 atom stereocenters. The van der Waals surface area contributed by atoms with Gasteiger partial charge in [-0.1, -0.05) is 108 Å². The maximum Gasteiger partial charge on any atom is 0.339 e. The first kappa shape index (κ1) is 35.2. The summed E-state index contributed by atoms with van der Waals surface area (Å²) in [5.74, 6) is -3.00. The van der Waals surface area contributed by atoms with E-state index in [2.05, 4.69) is 28.4 Å². The van der Waals surface area contributed by atoms with E-state index < -0.39 is 11.9 Å². The zero-order valence-corrected chi connectivity index (χ0v) is 28.7. The average Bonchev–Trinajstić information content (AvgIpc) is 3.69. The first-order valence-corrected chi connectivity index (χ1v) is 18.3. The minimum atomic E-state index is -1.19. The third-order valence-corrected chi connectivity index (χ3v) is 11.7. The van der Waals surface area contributed by atoms with Crippen LogP contribution in [0.4, 0.5) is 17.1 Å². The number of anilines is 1. The molecule has 47 heavy (non-hydrogen) atoms. The predicted molar refractivity (Wildman–Crippen MR) is 196 cm³/mol. The number of nitrogens with zero attached hydrogens (tertiary/aromatic N) is 2. The lowest BCUT2D eigenvalue weighted by atomic mass is 10.2. The van der Waals surface area contributed by atoms with Crippen molar-refractivity contribution in [3.8, 4) is 32.4 Å². The SMILES string of the molecule is Nc1ccc(C(=O)O)c(O)c1.O=C(O)c1ccc(N=Nc2ccc(-c3cc(=S)ss3)cc2)cc1O.S=c1cc(-c2ccccc2)ss1. The lowest BCUT2D eigenvalue weighted by molar-refractivity contribution is 0.0682. The molecule has 0 amide bonds. The summed E-state index contributed by atoms with van der Waals surface area (Å²) in [7, 11) is 6.59.